The summed E-state index contributed by atoms with van der Waals surface area (Å²) in [6, 6.07) is 30.0. The third-order valence-electron chi connectivity index (χ3n) is 3.09. The lowest BCUT2D eigenvalue weighted by Crippen LogP contribution is -1.79. The lowest BCUT2D eigenvalue weighted by atomic mass is 10.2. The van der Waals surface area contributed by atoms with Gasteiger partial charge in [-0.05, 0) is 29.7 Å². The van der Waals surface area contributed by atoms with Gasteiger partial charge >= 0.3 is 0 Å². The van der Waals surface area contributed by atoms with Gasteiger partial charge in [-0.25, -0.2) is 0 Å². The second-order valence-corrected chi connectivity index (χ2v) is 4.86. The molecule has 0 saturated carbocycles. The summed E-state index contributed by atoms with van der Waals surface area (Å²) in [6.07, 6.45) is 2.97. The van der Waals surface area contributed by atoms with Crippen LogP contribution in [0.15, 0.2) is 97.6 Å². The van der Waals surface area contributed by atoms with Crippen LogP contribution in [-0.4, -0.2) is 0 Å². The Hall–Kier alpha value is -2.80. The highest BCUT2D eigenvalue weighted by molar-refractivity contribution is 5.45. The molecule has 0 aliphatic carbocycles. The molecule has 3 aromatic rings. The molecule has 0 bridgehead atoms. The van der Waals surface area contributed by atoms with Crippen molar-refractivity contribution in [2.75, 3.05) is 5.73 Å². The molecule has 0 aliphatic rings. The van der Waals surface area contributed by atoms with Crippen molar-refractivity contribution in [1.29, 1.82) is 0 Å². The molecule has 3 rings (SSSR count). The smallest absolute Gasteiger partial charge is 0.0313 e. The summed E-state index contributed by atoms with van der Waals surface area (Å²) >= 11 is 0. The maximum absolute atomic E-state index is 5.36. The maximum Gasteiger partial charge on any atom is 0.0313 e. The van der Waals surface area contributed by atoms with Gasteiger partial charge in [-0.3, -0.25) is 0 Å². The first-order chi connectivity index (χ1) is 11.3. The Kier molecular flexibility index (Phi) is 9.38. The fourth-order valence-electron chi connectivity index (χ4n) is 1.76. The molecule has 0 aromatic heterocycles. The van der Waals surface area contributed by atoms with E-state index in [1.165, 1.54) is 11.1 Å². The number of nitrogens with two attached hydrogens (primary N) is 1. The van der Waals surface area contributed by atoms with Crippen LogP contribution in [0.3, 0.4) is 0 Å². The van der Waals surface area contributed by atoms with Crippen LogP contribution in [0, 0.1) is 0 Å². The van der Waals surface area contributed by atoms with Gasteiger partial charge in [-0.2, -0.15) is 0 Å². The minimum Gasteiger partial charge on any atom is -0.399 e. The number of hydrogen-bond acceptors (Lipinski definition) is 1. The van der Waals surface area contributed by atoms with Crippen molar-refractivity contribution in [1.82, 2.24) is 0 Å². The lowest BCUT2D eigenvalue weighted by Gasteiger charge is -1.89. The SMILES string of the molecule is C=Cc1ccccc1.CCc1ccccc1.Nc1ccccc1. The number of nitrogen functional groups attached to an aromatic ring is 1. The van der Waals surface area contributed by atoms with Gasteiger partial charge in [-0.1, -0.05) is 98.4 Å². The molecule has 0 aliphatic heterocycles. The quantitative estimate of drug-likeness (QED) is 0.591. The average molecular weight is 303 g/mol. The second kappa shape index (κ2) is 11.8. The van der Waals surface area contributed by atoms with Crippen LogP contribution < -0.4 is 5.73 Å². The molecular weight excluding hydrogens is 278 g/mol. The van der Waals surface area contributed by atoms with Crippen LogP contribution in [0.25, 0.3) is 6.08 Å². The number of anilines is 1. The molecular formula is C22H25N. The Morgan fingerprint density at radius 2 is 1.17 bits per heavy atom. The van der Waals surface area contributed by atoms with E-state index in [-0.39, 0.29) is 0 Å². The van der Waals surface area contributed by atoms with Crippen molar-refractivity contribution >= 4 is 11.8 Å². The van der Waals surface area contributed by atoms with Gasteiger partial charge in [0.1, 0.15) is 0 Å². The zero-order valence-corrected chi connectivity index (χ0v) is 13.7. The highest BCUT2D eigenvalue weighted by atomic mass is 14.5. The van der Waals surface area contributed by atoms with E-state index in [1.807, 2.05) is 72.8 Å². The molecule has 3 aromatic carbocycles. The van der Waals surface area contributed by atoms with Gasteiger partial charge in [0.2, 0.25) is 0 Å². The molecule has 0 atom stereocenters. The first-order valence-electron chi connectivity index (χ1n) is 7.78. The molecule has 0 unspecified atom stereocenters. The topological polar surface area (TPSA) is 26.0 Å². The fraction of sp³-hybridized carbons (Fsp3) is 0.0909. The molecule has 0 heterocycles. The van der Waals surface area contributed by atoms with Gasteiger partial charge in [-0.15, -0.1) is 0 Å². The maximum atomic E-state index is 5.36. The standard InChI is InChI=1S/C8H10.C8H8.C6H7N/c2*1-2-8-6-4-3-5-7-8;7-6-4-2-1-3-5-6/h3-7H,2H2,1H3;2-7H,1H2;1-5H,7H2. The van der Waals surface area contributed by atoms with Gasteiger partial charge in [0.15, 0.2) is 0 Å². The molecule has 0 radical (unpaired) electrons. The number of rotatable bonds is 2. The summed E-state index contributed by atoms with van der Waals surface area (Å²) in [5.41, 5.74) is 8.76. The highest BCUT2D eigenvalue weighted by Gasteiger charge is 1.80. The van der Waals surface area contributed by atoms with E-state index in [4.69, 9.17) is 5.73 Å². The average Bonchev–Trinajstić information content (AvgIpc) is 2.65. The van der Waals surface area contributed by atoms with Crippen molar-refractivity contribution in [2.45, 2.75) is 13.3 Å². The van der Waals surface area contributed by atoms with E-state index in [0.29, 0.717) is 0 Å². The van der Waals surface area contributed by atoms with Crippen LogP contribution in [0.5, 0.6) is 0 Å². The van der Waals surface area contributed by atoms with Crippen molar-refractivity contribution in [3.8, 4) is 0 Å². The van der Waals surface area contributed by atoms with Crippen molar-refractivity contribution in [2.24, 2.45) is 0 Å². The minimum atomic E-state index is 0.822. The zero-order chi connectivity index (χ0) is 16.8. The number of aryl methyl sites for hydroxylation is 1. The van der Waals surface area contributed by atoms with Gasteiger partial charge in [0.05, 0.1) is 0 Å². The summed E-state index contributed by atoms with van der Waals surface area (Å²) in [5.74, 6) is 0. The monoisotopic (exact) mass is 303 g/mol. The summed E-state index contributed by atoms with van der Waals surface area (Å²) in [6.45, 7) is 5.79. The van der Waals surface area contributed by atoms with E-state index in [9.17, 15) is 0 Å². The van der Waals surface area contributed by atoms with Crippen LogP contribution in [0.2, 0.25) is 0 Å². The van der Waals surface area contributed by atoms with E-state index in [1.54, 1.807) is 0 Å². The fourth-order valence-corrected chi connectivity index (χ4v) is 1.76. The summed E-state index contributed by atoms with van der Waals surface area (Å²) in [4.78, 5) is 0. The van der Waals surface area contributed by atoms with Gasteiger partial charge < -0.3 is 5.73 Å². The number of para-hydroxylation sites is 1. The Morgan fingerprint density at radius 3 is 1.43 bits per heavy atom. The van der Waals surface area contributed by atoms with Crippen LogP contribution in [0.1, 0.15) is 18.1 Å². The van der Waals surface area contributed by atoms with Crippen LogP contribution in [0.4, 0.5) is 5.69 Å². The molecule has 2 N–H and O–H groups in total. The van der Waals surface area contributed by atoms with Gasteiger partial charge in [0.25, 0.3) is 0 Å². The van der Waals surface area contributed by atoms with E-state index in [0.717, 1.165) is 12.1 Å². The van der Waals surface area contributed by atoms with Crippen LogP contribution >= 0.6 is 0 Å². The molecule has 0 fully saturated rings. The molecule has 1 nitrogen and oxygen atoms in total. The molecule has 23 heavy (non-hydrogen) atoms. The lowest BCUT2D eigenvalue weighted by molar-refractivity contribution is 1.14. The zero-order valence-electron chi connectivity index (χ0n) is 13.7. The largest absolute Gasteiger partial charge is 0.399 e. The molecule has 0 saturated heterocycles. The van der Waals surface area contributed by atoms with E-state index < -0.39 is 0 Å². The van der Waals surface area contributed by atoms with Crippen molar-refractivity contribution < 1.29 is 0 Å². The van der Waals surface area contributed by atoms with Gasteiger partial charge in [0, 0.05) is 5.69 Å². The predicted octanol–water partition coefficient (Wildman–Crippen LogP) is 5.85. The summed E-state index contributed by atoms with van der Waals surface area (Å²) in [5, 5.41) is 0. The normalized spacial score (nSPS) is 8.74. The molecule has 0 spiro atoms. The Bertz CT molecular complexity index is 631. The summed E-state index contributed by atoms with van der Waals surface area (Å²) in [7, 11) is 0. The van der Waals surface area contributed by atoms with Crippen molar-refractivity contribution in [3.63, 3.8) is 0 Å². The Balaban J connectivity index is 0.000000173. The Morgan fingerprint density at radius 1 is 0.739 bits per heavy atom. The van der Waals surface area contributed by atoms with E-state index >= 15 is 0 Å². The first-order valence-corrected chi connectivity index (χ1v) is 7.78. The molecule has 0 amide bonds. The first kappa shape index (κ1) is 18.2. The number of hydrogen-bond donors (Lipinski definition) is 1. The highest BCUT2D eigenvalue weighted by Crippen LogP contribution is 1.98. The third-order valence-corrected chi connectivity index (χ3v) is 3.09. The third kappa shape index (κ3) is 8.94. The van der Waals surface area contributed by atoms with E-state index in [2.05, 4.69) is 37.8 Å². The summed E-state index contributed by atoms with van der Waals surface area (Å²) < 4.78 is 0. The second-order valence-electron chi connectivity index (χ2n) is 4.86. The molecule has 118 valence electrons. The minimum absolute atomic E-state index is 0.822. The molecule has 1 heteroatoms. The van der Waals surface area contributed by atoms with Crippen LogP contribution in [-0.2, 0) is 6.42 Å². The number of benzene rings is 3. The van der Waals surface area contributed by atoms with Crippen molar-refractivity contribution in [3.05, 3.63) is 109 Å². The Labute approximate surface area is 140 Å². The predicted molar refractivity (Wildman–Crippen MR) is 103 cm³/mol.